The maximum Gasteiger partial charge on any atom is 0.0372 e. The highest BCUT2D eigenvalue weighted by atomic mass is 14.9. The van der Waals surface area contributed by atoms with Crippen LogP contribution in [0.3, 0.4) is 0 Å². The van der Waals surface area contributed by atoms with Crippen LogP contribution in [0.4, 0.5) is 5.69 Å². The van der Waals surface area contributed by atoms with Gasteiger partial charge in [0, 0.05) is 18.3 Å². The van der Waals surface area contributed by atoms with Crippen LogP contribution in [0.1, 0.15) is 36.8 Å². The standard InChI is InChI=1S/C15H24N2/c1-12-6-5-8-15(13(12)2)17-11-9-14-7-3-4-10-16-14/h5-6,8,14,16-17H,3-4,7,9-11H2,1-2H3. The largest absolute Gasteiger partial charge is 0.385 e. The summed E-state index contributed by atoms with van der Waals surface area (Å²) in [5.74, 6) is 0. The highest BCUT2D eigenvalue weighted by Gasteiger charge is 2.11. The van der Waals surface area contributed by atoms with E-state index in [1.165, 1.54) is 49.0 Å². The molecule has 0 aromatic heterocycles. The molecule has 1 unspecified atom stereocenters. The molecule has 2 rings (SSSR count). The first-order chi connectivity index (χ1) is 8.27. The van der Waals surface area contributed by atoms with Crippen molar-refractivity contribution in [1.82, 2.24) is 5.32 Å². The molecule has 1 aromatic carbocycles. The number of benzene rings is 1. The summed E-state index contributed by atoms with van der Waals surface area (Å²) in [5.41, 5.74) is 4.04. The van der Waals surface area contributed by atoms with Crippen LogP contribution in [0, 0.1) is 13.8 Å². The molecule has 94 valence electrons. The predicted octanol–water partition coefficient (Wildman–Crippen LogP) is 3.25. The number of hydrogen-bond donors (Lipinski definition) is 2. The maximum absolute atomic E-state index is 3.59. The Bertz CT molecular complexity index is 354. The number of piperidine rings is 1. The number of nitrogens with one attached hydrogen (secondary N) is 2. The van der Waals surface area contributed by atoms with E-state index in [2.05, 4.69) is 42.7 Å². The van der Waals surface area contributed by atoms with Crippen molar-refractivity contribution in [2.75, 3.05) is 18.4 Å². The summed E-state index contributed by atoms with van der Waals surface area (Å²) in [6, 6.07) is 7.20. The quantitative estimate of drug-likeness (QED) is 0.832. The van der Waals surface area contributed by atoms with E-state index in [4.69, 9.17) is 0 Å². The second-order valence-electron chi connectivity index (χ2n) is 5.11. The molecule has 1 fully saturated rings. The molecule has 1 saturated heterocycles. The van der Waals surface area contributed by atoms with E-state index < -0.39 is 0 Å². The summed E-state index contributed by atoms with van der Waals surface area (Å²) >= 11 is 0. The van der Waals surface area contributed by atoms with Crippen LogP contribution in [0.15, 0.2) is 18.2 Å². The van der Waals surface area contributed by atoms with Crippen molar-refractivity contribution in [3.05, 3.63) is 29.3 Å². The molecular weight excluding hydrogens is 208 g/mol. The van der Waals surface area contributed by atoms with E-state index >= 15 is 0 Å². The molecule has 0 aliphatic carbocycles. The highest BCUT2D eigenvalue weighted by molar-refractivity contribution is 5.53. The van der Waals surface area contributed by atoms with Gasteiger partial charge in [-0.25, -0.2) is 0 Å². The lowest BCUT2D eigenvalue weighted by Gasteiger charge is -2.23. The Morgan fingerprint density at radius 2 is 2.18 bits per heavy atom. The first kappa shape index (κ1) is 12.4. The molecule has 1 aliphatic heterocycles. The van der Waals surface area contributed by atoms with Gasteiger partial charge in [-0.1, -0.05) is 18.6 Å². The third-order valence-electron chi connectivity index (χ3n) is 3.83. The number of aryl methyl sites for hydroxylation is 1. The monoisotopic (exact) mass is 232 g/mol. The van der Waals surface area contributed by atoms with Crippen molar-refractivity contribution in [3.8, 4) is 0 Å². The van der Waals surface area contributed by atoms with Crippen molar-refractivity contribution >= 4 is 5.69 Å². The molecule has 2 heteroatoms. The van der Waals surface area contributed by atoms with Gasteiger partial charge in [-0.3, -0.25) is 0 Å². The third-order valence-corrected chi connectivity index (χ3v) is 3.83. The Morgan fingerprint density at radius 3 is 2.94 bits per heavy atom. The van der Waals surface area contributed by atoms with Gasteiger partial charge in [0.25, 0.3) is 0 Å². The van der Waals surface area contributed by atoms with Crippen LogP contribution in [0.5, 0.6) is 0 Å². The van der Waals surface area contributed by atoms with E-state index in [0.717, 1.165) is 12.6 Å². The normalized spacial score (nSPS) is 20.2. The first-order valence-electron chi connectivity index (χ1n) is 6.81. The molecule has 1 aliphatic rings. The third kappa shape index (κ3) is 3.47. The summed E-state index contributed by atoms with van der Waals surface area (Å²) in [4.78, 5) is 0. The van der Waals surface area contributed by atoms with E-state index in [-0.39, 0.29) is 0 Å². The Labute approximate surface area is 105 Å². The van der Waals surface area contributed by atoms with E-state index in [1.807, 2.05) is 0 Å². The second-order valence-corrected chi connectivity index (χ2v) is 5.11. The Morgan fingerprint density at radius 1 is 1.29 bits per heavy atom. The number of rotatable bonds is 4. The zero-order chi connectivity index (χ0) is 12.1. The zero-order valence-electron chi connectivity index (χ0n) is 11.1. The number of hydrogen-bond acceptors (Lipinski definition) is 2. The van der Waals surface area contributed by atoms with E-state index in [9.17, 15) is 0 Å². The summed E-state index contributed by atoms with van der Waals surface area (Å²) in [6.45, 7) is 6.63. The van der Waals surface area contributed by atoms with Crippen LogP contribution in [-0.2, 0) is 0 Å². The van der Waals surface area contributed by atoms with Gasteiger partial charge in [-0.15, -0.1) is 0 Å². The minimum Gasteiger partial charge on any atom is -0.385 e. The van der Waals surface area contributed by atoms with Gasteiger partial charge in [0.15, 0.2) is 0 Å². The first-order valence-corrected chi connectivity index (χ1v) is 6.81. The molecule has 0 spiro atoms. The van der Waals surface area contributed by atoms with Gasteiger partial charge in [0.1, 0.15) is 0 Å². The van der Waals surface area contributed by atoms with Crippen LogP contribution in [-0.4, -0.2) is 19.1 Å². The Balaban J connectivity index is 1.79. The molecule has 17 heavy (non-hydrogen) atoms. The van der Waals surface area contributed by atoms with Crippen LogP contribution < -0.4 is 10.6 Å². The predicted molar refractivity (Wildman–Crippen MR) is 74.7 cm³/mol. The lowest BCUT2D eigenvalue weighted by molar-refractivity contribution is 0.389. The summed E-state index contributed by atoms with van der Waals surface area (Å²) in [5, 5.41) is 7.15. The highest BCUT2D eigenvalue weighted by Crippen LogP contribution is 2.18. The molecule has 1 aromatic rings. The average Bonchev–Trinajstić information content (AvgIpc) is 2.36. The Kier molecular flexibility index (Phi) is 4.43. The van der Waals surface area contributed by atoms with Crippen molar-refractivity contribution < 1.29 is 0 Å². The molecule has 1 atom stereocenters. The molecule has 0 bridgehead atoms. The van der Waals surface area contributed by atoms with Gasteiger partial charge >= 0.3 is 0 Å². The second kappa shape index (κ2) is 6.06. The van der Waals surface area contributed by atoms with Gasteiger partial charge in [0.05, 0.1) is 0 Å². The molecular formula is C15H24N2. The minimum absolute atomic E-state index is 0.723. The van der Waals surface area contributed by atoms with Crippen LogP contribution in [0.25, 0.3) is 0 Å². The fraction of sp³-hybridized carbons (Fsp3) is 0.600. The topological polar surface area (TPSA) is 24.1 Å². The molecule has 0 radical (unpaired) electrons. The number of anilines is 1. The summed E-state index contributed by atoms with van der Waals surface area (Å²) in [6.07, 6.45) is 5.31. The molecule has 0 amide bonds. The van der Waals surface area contributed by atoms with Crippen molar-refractivity contribution in [2.24, 2.45) is 0 Å². The average molecular weight is 232 g/mol. The van der Waals surface area contributed by atoms with Gasteiger partial charge in [0.2, 0.25) is 0 Å². The molecule has 2 nitrogen and oxygen atoms in total. The Hall–Kier alpha value is -1.02. The van der Waals surface area contributed by atoms with Crippen LogP contribution in [0.2, 0.25) is 0 Å². The summed E-state index contributed by atoms with van der Waals surface area (Å²) < 4.78 is 0. The fourth-order valence-corrected chi connectivity index (χ4v) is 2.49. The van der Waals surface area contributed by atoms with Crippen molar-refractivity contribution in [3.63, 3.8) is 0 Å². The fourth-order valence-electron chi connectivity index (χ4n) is 2.49. The minimum atomic E-state index is 0.723. The molecule has 2 N–H and O–H groups in total. The molecule has 0 saturated carbocycles. The maximum atomic E-state index is 3.59. The zero-order valence-corrected chi connectivity index (χ0v) is 11.1. The van der Waals surface area contributed by atoms with Gasteiger partial charge in [-0.05, 0) is 56.8 Å². The van der Waals surface area contributed by atoms with E-state index in [0.29, 0.717) is 0 Å². The smallest absolute Gasteiger partial charge is 0.0372 e. The lowest BCUT2D eigenvalue weighted by Crippen LogP contribution is -2.35. The van der Waals surface area contributed by atoms with E-state index in [1.54, 1.807) is 0 Å². The lowest BCUT2D eigenvalue weighted by atomic mass is 10.0. The summed E-state index contributed by atoms with van der Waals surface area (Å²) in [7, 11) is 0. The molecule has 1 heterocycles. The SMILES string of the molecule is Cc1cccc(NCCC2CCCCN2)c1C. The van der Waals surface area contributed by atoms with Crippen molar-refractivity contribution in [1.29, 1.82) is 0 Å². The van der Waals surface area contributed by atoms with Crippen LogP contribution >= 0.6 is 0 Å². The van der Waals surface area contributed by atoms with Crippen molar-refractivity contribution in [2.45, 2.75) is 45.6 Å². The van der Waals surface area contributed by atoms with Gasteiger partial charge in [-0.2, -0.15) is 0 Å². The van der Waals surface area contributed by atoms with Gasteiger partial charge < -0.3 is 10.6 Å².